The third-order valence-corrected chi connectivity index (χ3v) is 3.14. The van der Waals surface area contributed by atoms with Gasteiger partial charge in [0, 0.05) is 11.4 Å². The Labute approximate surface area is 114 Å². The minimum absolute atomic E-state index is 0.870. The molecule has 0 aromatic heterocycles. The number of ether oxygens (including phenoxy) is 2. The average Bonchev–Trinajstić information content (AvgIpc) is 2.42. The molecule has 3 heteroatoms. The van der Waals surface area contributed by atoms with Crippen molar-refractivity contribution >= 4 is 11.4 Å². The molecule has 2 rings (SSSR count). The van der Waals surface area contributed by atoms with Crippen LogP contribution in [0, 0.1) is 13.8 Å². The molecule has 0 aliphatic carbocycles. The van der Waals surface area contributed by atoms with Crippen LogP contribution < -0.4 is 14.8 Å². The van der Waals surface area contributed by atoms with Crippen LogP contribution in [-0.4, -0.2) is 14.2 Å². The average molecular weight is 257 g/mol. The van der Waals surface area contributed by atoms with Crippen molar-refractivity contribution in [3.8, 4) is 11.5 Å². The van der Waals surface area contributed by atoms with Crippen molar-refractivity contribution in [2.75, 3.05) is 19.5 Å². The van der Waals surface area contributed by atoms with Crippen LogP contribution in [0.2, 0.25) is 0 Å². The monoisotopic (exact) mass is 257 g/mol. The van der Waals surface area contributed by atoms with Gasteiger partial charge in [-0.1, -0.05) is 0 Å². The molecule has 0 saturated carbocycles. The summed E-state index contributed by atoms with van der Waals surface area (Å²) < 4.78 is 10.4. The summed E-state index contributed by atoms with van der Waals surface area (Å²) in [7, 11) is 3.35. The van der Waals surface area contributed by atoms with Gasteiger partial charge in [-0.2, -0.15) is 0 Å². The maximum atomic E-state index is 5.21. The number of benzene rings is 2. The summed E-state index contributed by atoms with van der Waals surface area (Å²) in [6, 6.07) is 12.0. The van der Waals surface area contributed by atoms with Gasteiger partial charge in [0.1, 0.15) is 11.5 Å². The molecule has 0 aliphatic rings. The third-order valence-electron chi connectivity index (χ3n) is 3.14. The van der Waals surface area contributed by atoms with Crippen molar-refractivity contribution < 1.29 is 9.47 Å². The van der Waals surface area contributed by atoms with Gasteiger partial charge in [-0.25, -0.2) is 0 Å². The van der Waals surface area contributed by atoms with Crippen LogP contribution in [0.3, 0.4) is 0 Å². The summed E-state index contributed by atoms with van der Waals surface area (Å²) >= 11 is 0. The zero-order valence-corrected chi connectivity index (χ0v) is 11.8. The van der Waals surface area contributed by atoms with Gasteiger partial charge in [-0.3, -0.25) is 0 Å². The highest BCUT2D eigenvalue weighted by Gasteiger charge is 2.04. The van der Waals surface area contributed by atoms with Gasteiger partial charge in [0.15, 0.2) is 0 Å². The van der Waals surface area contributed by atoms with E-state index in [4.69, 9.17) is 9.47 Å². The van der Waals surface area contributed by atoms with Crippen LogP contribution in [0.5, 0.6) is 11.5 Å². The highest BCUT2D eigenvalue weighted by Crippen LogP contribution is 2.28. The first kappa shape index (κ1) is 13.3. The van der Waals surface area contributed by atoms with Crippen molar-refractivity contribution in [1.29, 1.82) is 0 Å². The lowest BCUT2D eigenvalue weighted by Gasteiger charge is -2.13. The van der Waals surface area contributed by atoms with Crippen LogP contribution in [0.4, 0.5) is 11.4 Å². The molecule has 0 fully saturated rings. The molecule has 2 aromatic carbocycles. The maximum Gasteiger partial charge on any atom is 0.119 e. The highest BCUT2D eigenvalue weighted by molar-refractivity contribution is 5.67. The molecule has 0 atom stereocenters. The molecule has 0 heterocycles. The Kier molecular flexibility index (Phi) is 3.95. The molecule has 0 saturated heterocycles. The lowest BCUT2D eigenvalue weighted by molar-refractivity contribution is 0.414. The topological polar surface area (TPSA) is 30.5 Å². The fourth-order valence-corrected chi connectivity index (χ4v) is 1.95. The first-order valence-corrected chi connectivity index (χ1v) is 6.20. The first-order chi connectivity index (χ1) is 9.13. The second kappa shape index (κ2) is 5.65. The van der Waals surface area contributed by atoms with Crippen molar-refractivity contribution in [1.82, 2.24) is 0 Å². The molecule has 100 valence electrons. The zero-order chi connectivity index (χ0) is 13.8. The van der Waals surface area contributed by atoms with E-state index < -0.39 is 0 Å². The molecule has 0 spiro atoms. The zero-order valence-electron chi connectivity index (χ0n) is 11.8. The maximum absolute atomic E-state index is 5.21. The Morgan fingerprint density at radius 3 is 1.47 bits per heavy atom. The van der Waals surface area contributed by atoms with E-state index in [-0.39, 0.29) is 0 Å². The number of rotatable bonds is 4. The number of hydrogen-bond acceptors (Lipinski definition) is 3. The van der Waals surface area contributed by atoms with E-state index in [1.165, 1.54) is 0 Å². The van der Waals surface area contributed by atoms with E-state index in [0.29, 0.717) is 0 Å². The third kappa shape index (κ3) is 2.99. The summed E-state index contributed by atoms with van der Waals surface area (Å²) in [5.74, 6) is 1.74. The molecule has 3 nitrogen and oxygen atoms in total. The predicted molar refractivity (Wildman–Crippen MR) is 78.7 cm³/mol. The predicted octanol–water partition coefficient (Wildman–Crippen LogP) is 4.06. The molecule has 19 heavy (non-hydrogen) atoms. The summed E-state index contributed by atoms with van der Waals surface area (Å²) in [6.45, 7) is 4.12. The second-order valence-electron chi connectivity index (χ2n) is 4.49. The Bertz CT molecular complexity index is 527. The number of methoxy groups -OCH3 is 2. The van der Waals surface area contributed by atoms with Gasteiger partial charge in [0.2, 0.25) is 0 Å². The van der Waals surface area contributed by atoms with Crippen LogP contribution >= 0.6 is 0 Å². The number of hydrogen-bond donors (Lipinski definition) is 1. The lowest BCUT2D eigenvalue weighted by Crippen LogP contribution is -1.96. The largest absolute Gasteiger partial charge is 0.497 e. The van der Waals surface area contributed by atoms with E-state index in [1.54, 1.807) is 14.2 Å². The number of aryl methyl sites for hydroxylation is 2. The standard InChI is InChI=1S/C16H19NO2/c1-11-9-13(18-3)5-7-15(11)17-16-8-6-14(19-4)10-12(16)2/h5-10,17H,1-4H3. The van der Waals surface area contributed by atoms with Gasteiger partial charge in [-0.05, 0) is 61.4 Å². The molecule has 2 aromatic rings. The normalized spacial score (nSPS) is 10.1. The van der Waals surface area contributed by atoms with Gasteiger partial charge >= 0.3 is 0 Å². The van der Waals surface area contributed by atoms with Gasteiger partial charge in [0.25, 0.3) is 0 Å². The van der Waals surface area contributed by atoms with Gasteiger partial charge in [-0.15, -0.1) is 0 Å². The Hall–Kier alpha value is -2.16. The van der Waals surface area contributed by atoms with E-state index in [9.17, 15) is 0 Å². The van der Waals surface area contributed by atoms with Crippen LogP contribution in [-0.2, 0) is 0 Å². The Morgan fingerprint density at radius 1 is 0.737 bits per heavy atom. The first-order valence-electron chi connectivity index (χ1n) is 6.20. The van der Waals surface area contributed by atoms with Gasteiger partial charge < -0.3 is 14.8 Å². The van der Waals surface area contributed by atoms with Crippen LogP contribution in [0.15, 0.2) is 36.4 Å². The summed E-state index contributed by atoms with van der Waals surface area (Å²) in [6.07, 6.45) is 0. The minimum atomic E-state index is 0.870. The van der Waals surface area contributed by atoms with Crippen molar-refractivity contribution in [2.45, 2.75) is 13.8 Å². The quantitative estimate of drug-likeness (QED) is 0.895. The Balaban J connectivity index is 2.26. The smallest absolute Gasteiger partial charge is 0.119 e. The molecular formula is C16H19NO2. The molecule has 0 bridgehead atoms. The molecule has 1 N–H and O–H groups in total. The molecule has 0 unspecified atom stereocenters. The van der Waals surface area contributed by atoms with Crippen LogP contribution in [0.25, 0.3) is 0 Å². The summed E-state index contributed by atoms with van der Waals surface area (Å²) in [4.78, 5) is 0. The summed E-state index contributed by atoms with van der Waals surface area (Å²) in [5.41, 5.74) is 4.45. The van der Waals surface area contributed by atoms with E-state index >= 15 is 0 Å². The number of nitrogens with one attached hydrogen (secondary N) is 1. The Morgan fingerprint density at radius 2 is 1.16 bits per heavy atom. The summed E-state index contributed by atoms with van der Waals surface area (Å²) in [5, 5.41) is 3.43. The molecule has 0 radical (unpaired) electrons. The van der Waals surface area contributed by atoms with Crippen molar-refractivity contribution in [3.05, 3.63) is 47.5 Å². The van der Waals surface area contributed by atoms with Crippen molar-refractivity contribution in [2.24, 2.45) is 0 Å². The van der Waals surface area contributed by atoms with Crippen LogP contribution in [0.1, 0.15) is 11.1 Å². The lowest BCUT2D eigenvalue weighted by atomic mass is 10.1. The van der Waals surface area contributed by atoms with E-state index in [0.717, 1.165) is 34.0 Å². The highest BCUT2D eigenvalue weighted by atomic mass is 16.5. The molecule has 0 aliphatic heterocycles. The molecule has 0 amide bonds. The second-order valence-corrected chi connectivity index (χ2v) is 4.49. The number of anilines is 2. The molecular weight excluding hydrogens is 238 g/mol. The van der Waals surface area contributed by atoms with Gasteiger partial charge in [0.05, 0.1) is 14.2 Å². The van der Waals surface area contributed by atoms with Crippen molar-refractivity contribution in [3.63, 3.8) is 0 Å². The fourth-order valence-electron chi connectivity index (χ4n) is 1.95. The van der Waals surface area contributed by atoms with E-state index in [2.05, 4.69) is 19.2 Å². The van der Waals surface area contributed by atoms with E-state index in [1.807, 2.05) is 36.4 Å². The fraction of sp³-hybridized carbons (Fsp3) is 0.250. The SMILES string of the molecule is COc1ccc(Nc2ccc(OC)cc2C)c(C)c1. The minimum Gasteiger partial charge on any atom is -0.497 e.